The highest BCUT2D eigenvalue weighted by Gasteiger charge is 2.15. The van der Waals surface area contributed by atoms with E-state index in [2.05, 4.69) is 6.07 Å². The summed E-state index contributed by atoms with van der Waals surface area (Å²) in [5, 5.41) is 8.93. The van der Waals surface area contributed by atoms with Crippen molar-refractivity contribution in [3.63, 3.8) is 0 Å². The highest BCUT2D eigenvalue weighted by Crippen LogP contribution is 2.35. The molecule has 0 heterocycles. The smallest absolute Gasteiger partial charge is 0.164 e. The Morgan fingerprint density at radius 1 is 1.11 bits per heavy atom. The number of rotatable bonds is 6. The van der Waals surface area contributed by atoms with E-state index in [0.29, 0.717) is 18.0 Å². The van der Waals surface area contributed by atoms with Crippen LogP contribution in [0.1, 0.15) is 12.5 Å². The fourth-order valence-corrected chi connectivity index (χ4v) is 1.72. The number of methoxy groups -OCH3 is 3. The Hall–Kier alpha value is -1.93. The Morgan fingerprint density at radius 3 is 2.11 bits per heavy atom. The van der Waals surface area contributed by atoms with Crippen LogP contribution in [-0.2, 0) is 6.54 Å². The summed E-state index contributed by atoms with van der Waals surface area (Å²) in [5.41, 5.74) is 0.949. The van der Waals surface area contributed by atoms with Crippen LogP contribution in [0.25, 0.3) is 0 Å². The van der Waals surface area contributed by atoms with Crippen molar-refractivity contribution in [1.82, 2.24) is 4.90 Å². The molecular formula is C14H20N2O3. The lowest BCUT2D eigenvalue weighted by atomic mass is 10.1. The number of ether oxygens (including phenoxy) is 3. The van der Waals surface area contributed by atoms with Gasteiger partial charge in [-0.15, -0.1) is 0 Å². The van der Waals surface area contributed by atoms with Gasteiger partial charge in [0.1, 0.15) is 5.75 Å². The van der Waals surface area contributed by atoms with Crippen molar-refractivity contribution in [3.05, 3.63) is 17.7 Å². The minimum Gasteiger partial charge on any atom is -0.496 e. The van der Waals surface area contributed by atoms with E-state index in [-0.39, 0.29) is 6.04 Å². The molecule has 0 radical (unpaired) electrons. The number of nitrogens with zero attached hydrogens (tertiary/aromatic N) is 2. The van der Waals surface area contributed by atoms with Crippen LogP contribution in [0.2, 0.25) is 0 Å². The Kier molecular flexibility index (Phi) is 5.46. The van der Waals surface area contributed by atoms with E-state index in [1.54, 1.807) is 27.4 Å². The second-order valence-electron chi connectivity index (χ2n) is 4.24. The summed E-state index contributed by atoms with van der Waals surface area (Å²) in [5.74, 6) is 1.99. The SMILES string of the molecule is COc1cc(OC)c(OC)cc1CN(C)C(C)C#N. The zero-order valence-corrected chi connectivity index (χ0v) is 12.1. The Balaban J connectivity index is 3.09. The molecule has 0 bridgehead atoms. The van der Waals surface area contributed by atoms with Gasteiger partial charge in [-0.2, -0.15) is 5.26 Å². The van der Waals surface area contributed by atoms with Crippen LogP contribution in [0.15, 0.2) is 12.1 Å². The van der Waals surface area contributed by atoms with E-state index < -0.39 is 0 Å². The fraction of sp³-hybridized carbons (Fsp3) is 0.500. The van der Waals surface area contributed by atoms with Gasteiger partial charge in [-0.05, 0) is 20.0 Å². The van der Waals surface area contributed by atoms with Crippen LogP contribution in [0.4, 0.5) is 0 Å². The predicted octanol–water partition coefficient (Wildman–Crippen LogP) is 2.06. The molecular weight excluding hydrogens is 244 g/mol. The van der Waals surface area contributed by atoms with Crippen molar-refractivity contribution in [2.24, 2.45) is 0 Å². The van der Waals surface area contributed by atoms with Gasteiger partial charge in [0, 0.05) is 18.2 Å². The maximum absolute atomic E-state index is 8.93. The molecule has 1 aromatic carbocycles. The molecule has 0 N–H and O–H groups in total. The lowest BCUT2D eigenvalue weighted by Gasteiger charge is -2.21. The monoisotopic (exact) mass is 264 g/mol. The first kappa shape index (κ1) is 15.1. The lowest BCUT2D eigenvalue weighted by molar-refractivity contribution is 0.285. The summed E-state index contributed by atoms with van der Waals surface area (Å²) in [4.78, 5) is 1.93. The van der Waals surface area contributed by atoms with Crippen molar-refractivity contribution >= 4 is 0 Å². The molecule has 0 aromatic heterocycles. The number of hydrogen-bond acceptors (Lipinski definition) is 5. The van der Waals surface area contributed by atoms with Crippen LogP contribution in [0.3, 0.4) is 0 Å². The Labute approximate surface area is 114 Å². The van der Waals surface area contributed by atoms with Crippen LogP contribution < -0.4 is 14.2 Å². The molecule has 0 spiro atoms. The van der Waals surface area contributed by atoms with Crippen LogP contribution in [0, 0.1) is 11.3 Å². The predicted molar refractivity (Wildman–Crippen MR) is 72.6 cm³/mol. The third kappa shape index (κ3) is 3.52. The van der Waals surface area contributed by atoms with E-state index in [0.717, 1.165) is 11.3 Å². The molecule has 0 amide bonds. The standard InChI is InChI=1S/C14H20N2O3/c1-10(8-15)16(2)9-11-6-13(18-4)14(19-5)7-12(11)17-3/h6-7,10H,9H2,1-5H3. The summed E-state index contributed by atoms with van der Waals surface area (Å²) in [7, 11) is 6.68. The van der Waals surface area contributed by atoms with Crippen molar-refractivity contribution in [2.45, 2.75) is 19.5 Å². The minimum absolute atomic E-state index is 0.169. The summed E-state index contributed by atoms with van der Waals surface area (Å²) in [6.45, 7) is 2.45. The first-order valence-electron chi connectivity index (χ1n) is 5.96. The van der Waals surface area contributed by atoms with Crippen molar-refractivity contribution in [3.8, 4) is 23.3 Å². The Bertz CT molecular complexity index is 468. The summed E-state index contributed by atoms with van der Waals surface area (Å²) in [6.07, 6.45) is 0. The lowest BCUT2D eigenvalue weighted by Crippen LogP contribution is -2.27. The van der Waals surface area contributed by atoms with Crippen molar-refractivity contribution in [1.29, 1.82) is 5.26 Å². The quantitative estimate of drug-likeness (QED) is 0.787. The van der Waals surface area contributed by atoms with E-state index in [1.807, 2.05) is 24.9 Å². The molecule has 1 atom stereocenters. The third-order valence-electron chi connectivity index (χ3n) is 3.05. The van der Waals surface area contributed by atoms with Gasteiger partial charge in [0.2, 0.25) is 0 Å². The highest BCUT2D eigenvalue weighted by molar-refractivity contribution is 5.50. The molecule has 1 aromatic rings. The van der Waals surface area contributed by atoms with Crippen LogP contribution in [0.5, 0.6) is 17.2 Å². The van der Waals surface area contributed by atoms with Crippen LogP contribution >= 0.6 is 0 Å². The second kappa shape index (κ2) is 6.86. The zero-order chi connectivity index (χ0) is 14.4. The van der Waals surface area contributed by atoms with Gasteiger partial charge in [0.05, 0.1) is 33.4 Å². The molecule has 1 unspecified atom stereocenters. The Morgan fingerprint density at radius 2 is 1.63 bits per heavy atom. The third-order valence-corrected chi connectivity index (χ3v) is 3.05. The highest BCUT2D eigenvalue weighted by atomic mass is 16.5. The normalized spacial score (nSPS) is 11.8. The van der Waals surface area contributed by atoms with Gasteiger partial charge in [0.25, 0.3) is 0 Å². The fourth-order valence-electron chi connectivity index (χ4n) is 1.72. The average molecular weight is 264 g/mol. The van der Waals surface area contributed by atoms with Crippen LogP contribution in [-0.4, -0.2) is 39.3 Å². The molecule has 0 saturated heterocycles. The van der Waals surface area contributed by atoms with Gasteiger partial charge in [-0.25, -0.2) is 0 Å². The largest absolute Gasteiger partial charge is 0.496 e. The maximum Gasteiger partial charge on any atom is 0.164 e. The molecule has 5 heteroatoms. The first-order chi connectivity index (χ1) is 9.07. The van der Waals surface area contributed by atoms with Gasteiger partial charge < -0.3 is 14.2 Å². The molecule has 0 aliphatic heterocycles. The van der Waals surface area contributed by atoms with E-state index in [9.17, 15) is 0 Å². The van der Waals surface area contributed by atoms with Gasteiger partial charge in [0.15, 0.2) is 11.5 Å². The van der Waals surface area contributed by atoms with Gasteiger partial charge in [-0.1, -0.05) is 0 Å². The van der Waals surface area contributed by atoms with E-state index in [4.69, 9.17) is 19.5 Å². The molecule has 1 rings (SSSR count). The topological polar surface area (TPSA) is 54.7 Å². The summed E-state index contributed by atoms with van der Waals surface area (Å²) in [6, 6.07) is 5.70. The number of benzene rings is 1. The van der Waals surface area contributed by atoms with Crippen molar-refractivity contribution < 1.29 is 14.2 Å². The first-order valence-corrected chi connectivity index (χ1v) is 5.96. The summed E-state index contributed by atoms with van der Waals surface area (Å²) < 4.78 is 15.9. The second-order valence-corrected chi connectivity index (χ2v) is 4.24. The van der Waals surface area contributed by atoms with Gasteiger partial charge >= 0.3 is 0 Å². The van der Waals surface area contributed by atoms with E-state index in [1.165, 1.54) is 0 Å². The zero-order valence-electron chi connectivity index (χ0n) is 12.1. The minimum atomic E-state index is -0.169. The molecule has 19 heavy (non-hydrogen) atoms. The number of hydrogen-bond donors (Lipinski definition) is 0. The van der Waals surface area contributed by atoms with Gasteiger partial charge in [-0.3, -0.25) is 4.90 Å². The molecule has 0 aliphatic carbocycles. The molecule has 0 aliphatic rings. The van der Waals surface area contributed by atoms with Crippen molar-refractivity contribution in [2.75, 3.05) is 28.4 Å². The molecule has 104 valence electrons. The summed E-state index contributed by atoms with van der Waals surface area (Å²) >= 11 is 0. The molecule has 5 nitrogen and oxygen atoms in total. The molecule has 0 fully saturated rings. The maximum atomic E-state index is 8.93. The number of nitriles is 1. The molecule has 0 saturated carbocycles. The van der Waals surface area contributed by atoms with E-state index >= 15 is 0 Å². The average Bonchev–Trinajstić information content (AvgIpc) is 2.45.